The summed E-state index contributed by atoms with van der Waals surface area (Å²) in [6.07, 6.45) is 0.399. The Hall–Kier alpha value is -0.410. The molecule has 3 nitrogen and oxygen atoms in total. The molecule has 1 spiro atoms. The van der Waals surface area contributed by atoms with Gasteiger partial charge in [-0.3, -0.25) is 4.79 Å². The van der Waals surface area contributed by atoms with E-state index in [1.807, 2.05) is 13.8 Å². The number of carbonyl (C=O) groups is 1. The molecule has 0 aliphatic heterocycles. The predicted octanol–water partition coefficient (Wildman–Crippen LogP) is 1.37. The van der Waals surface area contributed by atoms with Crippen molar-refractivity contribution in [1.82, 2.24) is 0 Å². The van der Waals surface area contributed by atoms with E-state index in [1.165, 1.54) is 0 Å². The predicted molar refractivity (Wildman–Crippen MR) is 65.7 cm³/mol. The highest BCUT2D eigenvalue weighted by molar-refractivity contribution is 5.87. The Morgan fingerprint density at radius 2 is 1.78 bits per heavy atom. The van der Waals surface area contributed by atoms with E-state index in [9.17, 15) is 15.0 Å². The molecule has 0 aromatic carbocycles. The fraction of sp³-hybridized carbons (Fsp3) is 0.933. The summed E-state index contributed by atoms with van der Waals surface area (Å²) in [5, 5.41) is 21.6. The summed E-state index contributed by atoms with van der Waals surface area (Å²) >= 11 is 0. The Kier molecular flexibility index (Phi) is 1.55. The smallest absolute Gasteiger partial charge is 0.139 e. The van der Waals surface area contributed by atoms with Crippen molar-refractivity contribution in [2.24, 2.45) is 33.5 Å². The number of hydrogen-bond acceptors (Lipinski definition) is 3. The van der Waals surface area contributed by atoms with Crippen LogP contribution in [0.1, 0.15) is 40.5 Å². The van der Waals surface area contributed by atoms with Gasteiger partial charge in [-0.25, -0.2) is 0 Å². The lowest BCUT2D eigenvalue weighted by Gasteiger charge is -2.56. The summed E-state index contributed by atoms with van der Waals surface area (Å²) in [5.41, 5.74) is -1.43. The Morgan fingerprint density at radius 1 is 1.17 bits per heavy atom. The molecule has 5 aliphatic rings. The number of ketones is 1. The normalized spacial score (nSPS) is 67.1. The van der Waals surface area contributed by atoms with E-state index in [2.05, 4.69) is 13.8 Å². The molecular weight excluding hydrogens is 228 g/mol. The SMILES string of the molecule is CC1(C)C(=O)CC[C@]2(C)[C@H]3C4C(O)[C@]12[C@H](O)[C@]43C. The van der Waals surface area contributed by atoms with Gasteiger partial charge in [0.15, 0.2) is 0 Å². The van der Waals surface area contributed by atoms with Gasteiger partial charge in [0.05, 0.1) is 12.2 Å². The van der Waals surface area contributed by atoms with E-state index in [4.69, 9.17) is 0 Å². The maximum absolute atomic E-state index is 12.4. The number of carbonyl (C=O) groups excluding carboxylic acids is 1. The highest BCUT2D eigenvalue weighted by atomic mass is 16.3. The van der Waals surface area contributed by atoms with Gasteiger partial charge in [-0.2, -0.15) is 0 Å². The zero-order valence-corrected chi connectivity index (χ0v) is 11.5. The Morgan fingerprint density at radius 3 is 2.28 bits per heavy atom. The van der Waals surface area contributed by atoms with Crippen molar-refractivity contribution in [1.29, 1.82) is 0 Å². The minimum atomic E-state index is -0.612. The molecule has 100 valence electrons. The highest BCUT2D eigenvalue weighted by Crippen LogP contribution is 2.93. The monoisotopic (exact) mass is 250 g/mol. The highest BCUT2D eigenvalue weighted by Gasteiger charge is 2.97. The first-order valence-corrected chi connectivity index (χ1v) is 7.08. The van der Waals surface area contributed by atoms with Crippen LogP contribution in [0.5, 0.6) is 0 Å². The van der Waals surface area contributed by atoms with Gasteiger partial charge in [-0.15, -0.1) is 0 Å². The lowest BCUT2D eigenvalue weighted by molar-refractivity contribution is -0.183. The van der Waals surface area contributed by atoms with Gasteiger partial charge in [0.2, 0.25) is 0 Å². The molecule has 0 saturated heterocycles. The van der Waals surface area contributed by atoms with Crippen molar-refractivity contribution < 1.29 is 15.0 Å². The minimum absolute atomic E-state index is 0.0668. The topological polar surface area (TPSA) is 57.5 Å². The average molecular weight is 250 g/mol. The van der Waals surface area contributed by atoms with E-state index in [-0.39, 0.29) is 22.5 Å². The summed E-state index contributed by atoms with van der Waals surface area (Å²) in [5.74, 6) is 0.827. The molecule has 7 atom stereocenters. The second kappa shape index (κ2) is 2.45. The van der Waals surface area contributed by atoms with Crippen LogP contribution in [0.3, 0.4) is 0 Å². The maximum atomic E-state index is 12.4. The first-order valence-electron chi connectivity index (χ1n) is 7.08. The fourth-order valence-corrected chi connectivity index (χ4v) is 7.07. The van der Waals surface area contributed by atoms with Crippen molar-refractivity contribution in [2.75, 3.05) is 0 Å². The van der Waals surface area contributed by atoms with Crippen LogP contribution < -0.4 is 0 Å². The van der Waals surface area contributed by atoms with Crippen molar-refractivity contribution in [3.8, 4) is 0 Å². The average Bonchev–Trinajstić information content (AvgIpc) is 2.73. The molecule has 5 rings (SSSR count). The molecule has 2 N–H and O–H groups in total. The van der Waals surface area contributed by atoms with Crippen LogP contribution in [0.2, 0.25) is 0 Å². The Balaban J connectivity index is 2.03. The molecule has 5 saturated carbocycles. The number of Topliss-reactive ketones (excluding diaryl/α,β-unsaturated/α-hetero) is 1. The van der Waals surface area contributed by atoms with Gasteiger partial charge in [-0.05, 0) is 23.7 Å². The Bertz CT molecular complexity index is 484. The molecule has 4 bridgehead atoms. The molecular formula is C15H22O3. The molecule has 0 aromatic heterocycles. The zero-order valence-electron chi connectivity index (χ0n) is 11.5. The van der Waals surface area contributed by atoms with E-state index in [0.29, 0.717) is 12.3 Å². The van der Waals surface area contributed by atoms with Gasteiger partial charge >= 0.3 is 0 Å². The minimum Gasteiger partial charge on any atom is -0.392 e. The van der Waals surface area contributed by atoms with Crippen molar-refractivity contribution in [3.05, 3.63) is 0 Å². The standard InChI is InChI=1S/C15H22O3/c1-12(2)7(16)5-6-13(3)9-8-10(17)15(12,13)11(18)14(8,9)4/h8-11,17-18H,5-6H2,1-4H3/t8?,9-,10?,11-,13-,14-,15+/m1/s1. The fourth-order valence-electron chi connectivity index (χ4n) is 7.07. The maximum Gasteiger partial charge on any atom is 0.139 e. The Labute approximate surface area is 108 Å². The van der Waals surface area contributed by atoms with Crippen LogP contribution in [-0.2, 0) is 4.79 Å². The van der Waals surface area contributed by atoms with Crippen LogP contribution in [0.15, 0.2) is 0 Å². The summed E-state index contributed by atoms with van der Waals surface area (Å²) < 4.78 is 0. The van der Waals surface area contributed by atoms with E-state index in [1.54, 1.807) is 0 Å². The van der Waals surface area contributed by atoms with Crippen LogP contribution in [0.4, 0.5) is 0 Å². The molecule has 0 heterocycles. The van der Waals surface area contributed by atoms with E-state index < -0.39 is 23.0 Å². The third-order valence-corrected chi connectivity index (χ3v) is 7.70. The molecule has 5 aliphatic carbocycles. The number of aliphatic hydroxyl groups excluding tert-OH is 2. The molecule has 3 heteroatoms. The summed E-state index contributed by atoms with van der Waals surface area (Å²) in [6, 6.07) is 0. The van der Waals surface area contributed by atoms with Crippen LogP contribution in [0, 0.1) is 33.5 Å². The zero-order chi connectivity index (χ0) is 13.3. The molecule has 0 radical (unpaired) electrons. The van der Waals surface area contributed by atoms with Crippen molar-refractivity contribution >= 4 is 5.78 Å². The third-order valence-electron chi connectivity index (χ3n) is 7.70. The largest absolute Gasteiger partial charge is 0.392 e. The molecule has 5 fully saturated rings. The molecule has 0 amide bonds. The van der Waals surface area contributed by atoms with Gasteiger partial charge in [0.1, 0.15) is 5.78 Å². The van der Waals surface area contributed by atoms with Crippen LogP contribution in [0.25, 0.3) is 0 Å². The van der Waals surface area contributed by atoms with Crippen molar-refractivity contribution in [3.63, 3.8) is 0 Å². The molecule has 18 heavy (non-hydrogen) atoms. The van der Waals surface area contributed by atoms with Gasteiger partial charge in [-0.1, -0.05) is 27.7 Å². The first-order chi connectivity index (χ1) is 8.18. The summed E-state index contributed by atoms with van der Waals surface area (Å²) in [6.45, 7) is 8.19. The first kappa shape index (κ1) is 11.4. The van der Waals surface area contributed by atoms with E-state index in [0.717, 1.165) is 6.42 Å². The van der Waals surface area contributed by atoms with Crippen LogP contribution >= 0.6 is 0 Å². The van der Waals surface area contributed by atoms with Gasteiger partial charge in [0.25, 0.3) is 0 Å². The van der Waals surface area contributed by atoms with Crippen molar-refractivity contribution in [2.45, 2.75) is 52.7 Å². The molecule has 0 aromatic rings. The van der Waals surface area contributed by atoms with E-state index >= 15 is 0 Å². The lowest BCUT2D eigenvalue weighted by atomic mass is 9.47. The molecule has 2 unspecified atom stereocenters. The van der Waals surface area contributed by atoms with Gasteiger partial charge < -0.3 is 10.2 Å². The number of rotatable bonds is 0. The second-order valence-corrected chi connectivity index (χ2v) is 8.05. The third kappa shape index (κ3) is 0.648. The van der Waals surface area contributed by atoms with Gasteiger partial charge in [0, 0.05) is 22.7 Å². The van der Waals surface area contributed by atoms with Crippen LogP contribution in [-0.4, -0.2) is 28.2 Å². The summed E-state index contributed by atoms with van der Waals surface area (Å²) in [7, 11) is 0. The number of aliphatic hydroxyl groups is 2. The second-order valence-electron chi connectivity index (χ2n) is 8.05. The quantitative estimate of drug-likeness (QED) is 0.682. The number of hydrogen-bond donors (Lipinski definition) is 2. The lowest BCUT2D eigenvalue weighted by Crippen LogP contribution is -2.61. The summed E-state index contributed by atoms with van der Waals surface area (Å²) in [4.78, 5) is 12.4.